The second-order valence-corrected chi connectivity index (χ2v) is 5.63. The molecule has 0 unspecified atom stereocenters. The lowest BCUT2D eigenvalue weighted by Crippen LogP contribution is -2.26. The van der Waals surface area contributed by atoms with Gasteiger partial charge in [0.2, 0.25) is 0 Å². The highest BCUT2D eigenvalue weighted by atomic mass is 16.6. The van der Waals surface area contributed by atoms with E-state index in [2.05, 4.69) is 0 Å². The molecule has 0 fully saturated rings. The lowest BCUT2D eigenvalue weighted by Gasteiger charge is -2.14. The number of hydrogen-bond acceptors (Lipinski definition) is 6. The molecule has 0 bridgehead atoms. The van der Waals surface area contributed by atoms with E-state index in [-0.39, 0.29) is 6.61 Å². The molecule has 3 aromatic rings. The highest BCUT2D eigenvalue weighted by molar-refractivity contribution is 5.82. The quantitative estimate of drug-likeness (QED) is 0.499. The number of fused-ring (bicyclic) bond motifs is 1. The second kappa shape index (κ2) is 7.74. The molecule has 0 aliphatic carbocycles. The van der Waals surface area contributed by atoms with Gasteiger partial charge in [-0.1, -0.05) is 18.2 Å². The molecule has 2 aromatic carbocycles. The van der Waals surface area contributed by atoms with Gasteiger partial charge in [0, 0.05) is 23.1 Å². The van der Waals surface area contributed by atoms with Gasteiger partial charge in [0.15, 0.2) is 6.10 Å². The van der Waals surface area contributed by atoms with Crippen molar-refractivity contribution >= 4 is 16.9 Å². The Bertz CT molecular complexity index is 961. The van der Waals surface area contributed by atoms with Crippen LogP contribution in [0.15, 0.2) is 63.8 Å². The zero-order chi connectivity index (χ0) is 18.5. The summed E-state index contributed by atoms with van der Waals surface area (Å²) in [6.07, 6.45) is -0.774. The summed E-state index contributed by atoms with van der Waals surface area (Å²) >= 11 is 0. The fraction of sp³-hybridized carbons (Fsp3) is 0.200. The SMILES string of the molecule is COc1ccc2c(COC(=O)[C@@H](C)Oc3ccccc3)cc(=O)oc2c1. The van der Waals surface area contributed by atoms with Crippen molar-refractivity contribution in [3.63, 3.8) is 0 Å². The molecule has 134 valence electrons. The van der Waals surface area contributed by atoms with E-state index in [9.17, 15) is 9.59 Å². The smallest absolute Gasteiger partial charge is 0.347 e. The molecule has 6 heteroatoms. The molecular weight excluding hydrogens is 336 g/mol. The number of carbonyl (C=O) groups is 1. The van der Waals surface area contributed by atoms with Crippen molar-refractivity contribution in [3.8, 4) is 11.5 Å². The lowest BCUT2D eigenvalue weighted by molar-refractivity contribution is -0.152. The summed E-state index contributed by atoms with van der Waals surface area (Å²) < 4.78 is 21.1. The van der Waals surface area contributed by atoms with E-state index < -0.39 is 17.7 Å². The first-order chi connectivity index (χ1) is 12.6. The van der Waals surface area contributed by atoms with Crippen LogP contribution >= 0.6 is 0 Å². The molecule has 0 spiro atoms. The van der Waals surface area contributed by atoms with Crippen molar-refractivity contribution < 1.29 is 23.4 Å². The van der Waals surface area contributed by atoms with Gasteiger partial charge in [-0.3, -0.25) is 0 Å². The van der Waals surface area contributed by atoms with E-state index in [1.54, 1.807) is 37.3 Å². The molecule has 26 heavy (non-hydrogen) atoms. The van der Waals surface area contributed by atoms with Crippen LogP contribution in [0.3, 0.4) is 0 Å². The molecule has 1 heterocycles. The van der Waals surface area contributed by atoms with Crippen LogP contribution in [0.2, 0.25) is 0 Å². The molecule has 0 N–H and O–H groups in total. The maximum Gasteiger partial charge on any atom is 0.347 e. The topological polar surface area (TPSA) is 75.0 Å². The van der Waals surface area contributed by atoms with E-state index in [4.69, 9.17) is 18.6 Å². The largest absolute Gasteiger partial charge is 0.497 e. The van der Waals surface area contributed by atoms with Crippen molar-refractivity contribution in [2.45, 2.75) is 19.6 Å². The Balaban J connectivity index is 1.72. The first kappa shape index (κ1) is 17.5. The summed E-state index contributed by atoms with van der Waals surface area (Å²) in [5.74, 6) is 0.623. The molecule has 0 amide bonds. The van der Waals surface area contributed by atoms with E-state index in [0.29, 0.717) is 28.0 Å². The first-order valence-corrected chi connectivity index (χ1v) is 8.06. The summed E-state index contributed by atoms with van der Waals surface area (Å²) in [5, 5.41) is 0.676. The van der Waals surface area contributed by atoms with Gasteiger partial charge in [0.1, 0.15) is 23.7 Å². The number of ether oxygens (including phenoxy) is 3. The van der Waals surface area contributed by atoms with Crippen LogP contribution in [0.4, 0.5) is 0 Å². The van der Waals surface area contributed by atoms with Crippen molar-refractivity contribution in [1.82, 2.24) is 0 Å². The van der Waals surface area contributed by atoms with Gasteiger partial charge in [-0.05, 0) is 31.2 Å². The highest BCUT2D eigenvalue weighted by Crippen LogP contribution is 2.23. The molecule has 0 saturated heterocycles. The number of esters is 1. The van der Waals surface area contributed by atoms with Crippen molar-refractivity contribution in [1.29, 1.82) is 0 Å². The van der Waals surface area contributed by atoms with Crippen LogP contribution in [0, 0.1) is 0 Å². The van der Waals surface area contributed by atoms with E-state index in [1.165, 1.54) is 13.2 Å². The summed E-state index contributed by atoms with van der Waals surface area (Å²) in [6.45, 7) is 1.55. The third-order valence-electron chi connectivity index (χ3n) is 3.80. The van der Waals surface area contributed by atoms with E-state index in [0.717, 1.165) is 0 Å². The van der Waals surface area contributed by atoms with Crippen LogP contribution in [0.1, 0.15) is 12.5 Å². The van der Waals surface area contributed by atoms with Gasteiger partial charge in [-0.25, -0.2) is 9.59 Å². The summed E-state index contributed by atoms with van der Waals surface area (Å²) in [6, 6.07) is 15.4. The van der Waals surface area contributed by atoms with Crippen LogP contribution in [0.25, 0.3) is 11.0 Å². The molecule has 0 saturated carbocycles. The van der Waals surface area contributed by atoms with E-state index in [1.807, 2.05) is 18.2 Å². The Morgan fingerprint density at radius 2 is 1.85 bits per heavy atom. The zero-order valence-corrected chi connectivity index (χ0v) is 14.4. The van der Waals surface area contributed by atoms with Gasteiger partial charge in [-0.15, -0.1) is 0 Å². The normalized spacial score (nSPS) is 11.8. The van der Waals surface area contributed by atoms with Crippen LogP contribution < -0.4 is 15.1 Å². The number of carbonyl (C=O) groups excluding carboxylic acids is 1. The number of benzene rings is 2. The number of hydrogen-bond donors (Lipinski definition) is 0. The average Bonchev–Trinajstić information content (AvgIpc) is 2.65. The Morgan fingerprint density at radius 1 is 1.08 bits per heavy atom. The van der Waals surface area contributed by atoms with Crippen molar-refractivity contribution in [2.75, 3.05) is 7.11 Å². The minimum Gasteiger partial charge on any atom is -0.497 e. The Kier molecular flexibility index (Phi) is 5.22. The minimum atomic E-state index is -0.774. The number of methoxy groups -OCH3 is 1. The average molecular weight is 354 g/mol. The van der Waals surface area contributed by atoms with Crippen molar-refractivity contribution in [2.24, 2.45) is 0 Å². The van der Waals surface area contributed by atoms with Crippen molar-refractivity contribution in [3.05, 3.63) is 70.6 Å². The fourth-order valence-corrected chi connectivity index (χ4v) is 2.47. The predicted molar refractivity (Wildman–Crippen MR) is 95.4 cm³/mol. The summed E-state index contributed by atoms with van der Waals surface area (Å²) in [5.41, 5.74) is 0.404. The molecular formula is C20H18O6. The first-order valence-electron chi connectivity index (χ1n) is 8.06. The van der Waals surface area contributed by atoms with Crippen LogP contribution in [-0.2, 0) is 16.1 Å². The maximum absolute atomic E-state index is 12.2. The highest BCUT2D eigenvalue weighted by Gasteiger charge is 2.17. The Hall–Kier alpha value is -3.28. The molecule has 6 nitrogen and oxygen atoms in total. The molecule has 0 radical (unpaired) electrons. The maximum atomic E-state index is 12.2. The summed E-state index contributed by atoms with van der Waals surface area (Å²) in [7, 11) is 1.53. The van der Waals surface area contributed by atoms with Gasteiger partial charge in [0.05, 0.1) is 7.11 Å². The van der Waals surface area contributed by atoms with Gasteiger partial charge in [0.25, 0.3) is 0 Å². The van der Waals surface area contributed by atoms with E-state index >= 15 is 0 Å². The molecule has 1 aromatic heterocycles. The Morgan fingerprint density at radius 3 is 2.58 bits per heavy atom. The third-order valence-corrected chi connectivity index (χ3v) is 3.80. The molecule has 3 rings (SSSR count). The lowest BCUT2D eigenvalue weighted by atomic mass is 10.1. The van der Waals surface area contributed by atoms with Gasteiger partial charge >= 0.3 is 11.6 Å². The molecule has 0 aliphatic heterocycles. The standard InChI is InChI=1S/C20H18O6/c1-13(25-15-6-4-3-5-7-15)20(22)24-12-14-10-19(21)26-18-11-16(23-2)8-9-17(14)18/h3-11,13H,12H2,1-2H3/t13-/m1/s1. The third kappa shape index (κ3) is 4.03. The number of rotatable bonds is 6. The monoisotopic (exact) mass is 354 g/mol. The number of para-hydroxylation sites is 1. The predicted octanol–water partition coefficient (Wildman–Crippen LogP) is 3.31. The van der Waals surface area contributed by atoms with Gasteiger partial charge in [-0.2, -0.15) is 0 Å². The van der Waals surface area contributed by atoms with Crippen LogP contribution in [0.5, 0.6) is 11.5 Å². The molecule has 1 atom stereocenters. The van der Waals surface area contributed by atoms with Gasteiger partial charge < -0.3 is 18.6 Å². The summed E-state index contributed by atoms with van der Waals surface area (Å²) in [4.78, 5) is 23.9. The fourth-order valence-electron chi connectivity index (χ4n) is 2.47. The van der Waals surface area contributed by atoms with Crippen LogP contribution in [-0.4, -0.2) is 19.2 Å². The minimum absolute atomic E-state index is 0.0598. The second-order valence-electron chi connectivity index (χ2n) is 5.63. The molecule has 0 aliphatic rings. The Labute approximate surface area is 149 Å². The zero-order valence-electron chi connectivity index (χ0n) is 14.4.